The molecule has 2 N–H and O–H groups in total. The van der Waals surface area contributed by atoms with Gasteiger partial charge in [-0.25, -0.2) is 0 Å². The lowest BCUT2D eigenvalue weighted by molar-refractivity contribution is -0.145. The van der Waals surface area contributed by atoms with Gasteiger partial charge in [-0.05, 0) is 32.1 Å². The van der Waals surface area contributed by atoms with E-state index in [2.05, 4.69) is 12.2 Å². The van der Waals surface area contributed by atoms with E-state index in [1.165, 1.54) is 6.42 Å². The predicted molar refractivity (Wildman–Crippen MR) is 54.2 cm³/mol. The third-order valence-electron chi connectivity index (χ3n) is 3.95. The number of aliphatic carboxylic acids is 1. The molecule has 0 saturated carbocycles. The molecule has 2 aliphatic heterocycles. The SMILES string of the molecule is CCC12CCCC(CC(C(=O)O)C1)N2. The Morgan fingerprint density at radius 3 is 3.07 bits per heavy atom. The fourth-order valence-electron chi connectivity index (χ4n) is 3.11. The molecule has 0 aromatic carbocycles. The van der Waals surface area contributed by atoms with E-state index in [1.54, 1.807) is 0 Å². The van der Waals surface area contributed by atoms with Crippen molar-refractivity contribution in [1.29, 1.82) is 0 Å². The van der Waals surface area contributed by atoms with Crippen molar-refractivity contribution in [3.8, 4) is 0 Å². The molecule has 2 rings (SSSR count). The van der Waals surface area contributed by atoms with Crippen LogP contribution in [0.1, 0.15) is 45.4 Å². The molecule has 2 heterocycles. The van der Waals surface area contributed by atoms with Gasteiger partial charge in [0.15, 0.2) is 0 Å². The zero-order chi connectivity index (χ0) is 10.2. The van der Waals surface area contributed by atoms with Crippen LogP contribution >= 0.6 is 0 Å². The van der Waals surface area contributed by atoms with Gasteiger partial charge in [0, 0.05) is 11.6 Å². The number of hydrogen-bond donors (Lipinski definition) is 2. The van der Waals surface area contributed by atoms with Crippen LogP contribution in [0.2, 0.25) is 0 Å². The van der Waals surface area contributed by atoms with Crippen molar-refractivity contribution >= 4 is 5.97 Å². The van der Waals surface area contributed by atoms with E-state index in [0.29, 0.717) is 6.04 Å². The van der Waals surface area contributed by atoms with Crippen LogP contribution in [-0.2, 0) is 4.79 Å². The highest BCUT2D eigenvalue weighted by atomic mass is 16.4. The zero-order valence-electron chi connectivity index (χ0n) is 8.75. The Hall–Kier alpha value is -0.570. The number of nitrogens with one attached hydrogen (secondary N) is 1. The molecule has 0 spiro atoms. The fraction of sp³-hybridized carbons (Fsp3) is 0.909. The average Bonchev–Trinajstić information content (AvgIpc) is 2.17. The van der Waals surface area contributed by atoms with Gasteiger partial charge in [0.25, 0.3) is 0 Å². The summed E-state index contributed by atoms with van der Waals surface area (Å²) in [5.41, 5.74) is 0.143. The molecule has 2 aliphatic rings. The number of carboxylic acid groups (broad SMARTS) is 1. The molecular formula is C11H19NO2. The minimum absolute atomic E-state index is 0.110. The number of fused-ring (bicyclic) bond motifs is 2. The Morgan fingerprint density at radius 1 is 1.64 bits per heavy atom. The van der Waals surface area contributed by atoms with E-state index in [0.717, 1.165) is 32.1 Å². The van der Waals surface area contributed by atoms with Gasteiger partial charge in [-0.1, -0.05) is 13.3 Å². The van der Waals surface area contributed by atoms with E-state index >= 15 is 0 Å². The topological polar surface area (TPSA) is 49.3 Å². The highest BCUT2D eigenvalue weighted by molar-refractivity contribution is 5.70. The van der Waals surface area contributed by atoms with E-state index < -0.39 is 5.97 Å². The summed E-state index contributed by atoms with van der Waals surface area (Å²) >= 11 is 0. The largest absolute Gasteiger partial charge is 0.481 e. The molecule has 80 valence electrons. The Labute approximate surface area is 84.9 Å². The smallest absolute Gasteiger partial charge is 0.306 e. The van der Waals surface area contributed by atoms with Gasteiger partial charge in [-0.3, -0.25) is 4.79 Å². The summed E-state index contributed by atoms with van der Waals surface area (Å²) in [7, 11) is 0. The molecule has 2 saturated heterocycles. The van der Waals surface area contributed by atoms with Gasteiger partial charge in [-0.15, -0.1) is 0 Å². The molecule has 2 fully saturated rings. The summed E-state index contributed by atoms with van der Waals surface area (Å²) in [5.74, 6) is -0.710. The first kappa shape index (κ1) is 9.97. The molecule has 0 aliphatic carbocycles. The Morgan fingerprint density at radius 2 is 2.43 bits per heavy atom. The molecule has 2 bridgehead atoms. The molecule has 0 amide bonds. The lowest BCUT2D eigenvalue weighted by Gasteiger charge is -2.48. The number of hydrogen-bond acceptors (Lipinski definition) is 2. The van der Waals surface area contributed by atoms with Crippen LogP contribution < -0.4 is 5.32 Å². The molecular weight excluding hydrogens is 178 g/mol. The van der Waals surface area contributed by atoms with Crippen molar-refractivity contribution in [3.63, 3.8) is 0 Å². The summed E-state index contributed by atoms with van der Waals surface area (Å²) in [6.07, 6.45) is 6.30. The summed E-state index contributed by atoms with van der Waals surface area (Å²) in [5, 5.41) is 12.7. The van der Waals surface area contributed by atoms with Crippen molar-refractivity contribution < 1.29 is 9.90 Å². The molecule has 0 aromatic heterocycles. The summed E-state index contributed by atoms with van der Waals surface area (Å²) in [6.45, 7) is 2.17. The highest BCUT2D eigenvalue weighted by Crippen LogP contribution is 2.38. The Balaban J connectivity index is 2.13. The van der Waals surface area contributed by atoms with Crippen molar-refractivity contribution in [3.05, 3.63) is 0 Å². The van der Waals surface area contributed by atoms with E-state index in [9.17, 15) is 4.79 Å². The van der Waals surface area contributed by atoms with Crippen molar-refractivity contribution in [2.24, 2.45) is 5.92 Å². The maximum absolute atomic E-state index is 11.0. The maximum atomic E-state index is 11.0. The van der Waals surface area contributed by atoms with Crippen molar-refractivity contribution in [2.75, 3.05) is 0 Å². The minimum atomic E-state index is -0.601. The van der Waals surface area contributed by atoms with Gasteiger partial charge in [-0.2, -0.15) is 0 Å². The van der Waals surface area contributed by atoms with Gasteiger partial charge in [0.1, 0.15) is 0 Å². The highest BCUT2D eigenvalue weighted by Gasteiger charge is 2.43. The van der Waals surface area contributed by atoms with Crippen LogP contribution in [-0.4, -0.2) is 22.7 Å². The number of rotatable bonds is 2. The normalized spacial score (nSPS) is 42.1. The second kappa shape index (κ2) is 3.54. The number of carboxylic acids is 1. The minimum Gasteiger partial charge on any atom is -0.481 e. The fourth-order valence-corrected chi connectivity index (χ4v) is 3.11. The molecule has 3 atom stereocenters. The van der Waals surface area contributed by atoms with Crippen molar-refractivity contribution in [1.82, 2.24) is 5.32 Å². The molecule has 14 heavy (non-hydrogen) atoms. The van der Waals surface area contributed by atoms with Gasteiger partial charge in [0.05, 0.1) is 5.92 Å². The number of carbonyl (C=O) groups is 1. The number of piperidine rings is 2. The first-order valence-electron chi connectivity index (χ1n) is 5.66. The van der Waals surface area contributed by atoms with Crippen LogP contribution in [0.5, 0.6) is 0 Å². The summed E-state index contributed by atoms with van der Waals surface area (Å²) in [4.78, 5) is 11.0. The third-order valence-corrected chi connectivity index (χ3v) is 3.95. The Kier molecular flexibility index (Phi) is 2.52. The quantitative estimate of drug-likeness (QED) is 0.709. The lowest BCUT2D eigenvalue weighted by Crippen LogP contribution is -2.59. The van der Waals surface area contributed by atoms with Crippen molar-refractivity contribution in [2.45, 2.75) is 57.0 Å². The van der Waals surface area contributed by atoms with Crippen LogP contribution in [0.15, 0.2) is 0 Å². The van der Waals surface area contributed by atoms with Gasteiger partial charge in [0.2, 0.25) is 0 Å². The molecule has 0 aromatic rings. The van der Waals surface area contributed by atoms with Crippen LogP contribution in [0, 0.1) is 5.92 Å². The first-order chi connectivity index (χ1) is 6.65. The zero-order valence-corrected chi connectivity index (χ0v) is 8.75. The second-order valence-corrected chi connectivity index (χ2v) is 4.84. The van der Waals surface area contributed by atoms with Crippen LogP contribution in [0.25, 0.3) is 0 Å². The van der Waals surface area contributed by atoms with E-state index in [-0.39, 0.29) is 11.5 Å². The average molecular weight is 197 g/mol. The summed E-state index contributed by atoms with van der Waals surface area (Å²) in [6, 6.07) is 0.457. The molecule has 0 radical (unpaired) electrons. The Bertz CT molecular complexity index is 241. The predicted octanol–water partition coefficient (Wildman–Crippen LogP) is 1.77. The lowest BCUT2D eigenvalue weighted by atomic mass is 9.70. The van der Waals surface area contributed by atoms with Crippen LogP contribution in [0.4, 0.5) is 0 Å². The third kappa shape index (κ3) is 1.65. The first-order valence-corrected chi connectivity index (χ1v) is 5.66. The van der Waals surface area contributed by atoms with Gasteiger partial charge < -0.3 is 10.4 Å². The maximum Gasteiger partial charge on any atom is 0.306 e. The molecule has 3 heteroatoms. The standard InChI is InChI=1S/C11H19NO2/c1-2-11-5-3-4-9(12-11)6-8(7-11)10(13)14/h8-9,12H,2-7H2,1H3,(H,13,14). The monoisotopic (exact) mass is 197 g/mol. The summed E-state index contributed by atoms with van der Waals surface area (Å²) < 4.78 is 0. The molecule has 3 unspecified atom stereocenters. The van der Waals surface area contributed by atoms with E-state index in [1.807, 2.05) is 0 Å². The second-order valence-electron chi connectivity index (χ2n) is 4.84. The molecule has 3 nitrogen and oxygen atoms in total. The van der Waals surface area contributed by atoms with E-state index in [4.69, 9.17) is 5.11 Å². The van der Waals surface area contributed by atoms with Gasteiger partial charge >= 0.3 is 5.97 Å². The van der Waals surface area contributed by atoms with Crippen LogP contribution in [0.3, 0.4) is 0 Å².